The third kappa shape index (κ3) is 16.6. The largest absolute Gasteiger partial charge is 0.379 e. The molecule has 1 aliphatic heterocycles. The van der Waals surface area contributed by atoms with E-state index in [1.807, 2.05) is 0 Å². The normalized spacial score (nSPS) is 12.9. The Bertz CT molecular complexity index is 790. The van der Waals surface area contributed by atoms with Crippen LogP contribution in [0.3, 0.4) is 0 Å². The molecule has 2 amide bonds. The van der Waals surface area contributed by atoms with Crippen molar-refractivity contribution in [2.45, 2.75) is 39.0 Å². The Hall–Kier alpha value is -1.96. The minimum absolute atomic E-state index is 0.222. The first-order chi connectivity index (χ1) is 20.8. The van der Waals surface area contributed by atoms with Crippen LogP contribution in [0.4, 0.5) is 0 Å². The fourth-order valence-electron chi connectivity index (χ4n) is 4.05. The molecule has 1 aliphatic rings. The maximum atomic E-state index is 12.3. The van der Waals surface area contributed by atoms with Crippen LogP contribution in [-0.4, -0.2) is 129 Å². The minimum Gasteiger partial charge on any atom is -0.379 e. The van der Waals surface area contributed by atoms with E-state index in [1.54, 1.807) is 24.3 Å². The number of ether oxygens (including phenoxy) is 8. The van der Waals surface area contributed by atoms with Gasteiger partial charge in [0.25, 0.3) is 11.8 Å². The van der Waals surface area contributed by atoms with Crippen LogP contribution in [-0.2, 0) is 37.9 Å². The molecule has 0 atom stereocenters. The second-order valence-corrected chi connectivity index (χ2v) is 9.62. The molecule has 0 spiro atoms. The third-order valence-electron chi connectivity index (χ3n) is 6.33. The number of benzene rings is 1. The average Bonchev–Trinajstić information content (AvgIpc) is 3.25. The second kappa shape index (κ2) is 25.5. The number of carbonyl (C=O) groups excluding carboxylic acids is 2. The zero-order valence-electron chi connectivity index (χ0n) is 25.4. The fourth-order valence-corrected chi connectivity index (χ4v) is 4.05. The molecule has 2 rings (SSSR count). The Morgan fingerprint density at radius 2 is 0.786 bits per heavy atom. The average molecular weight is 598 g/mol. The van der Waals surface area contributed by atoms with Gasteiger partial charge in [-0.05, 0) is 18.6 Å². The number of amides is 2. The Morgan fingerprint density at radius 1 is 0.452 bits per heavy atom. The molecule has 0 N–H and O–H groups in total. The maximum Gasteiger partial charge on any atom is 0.261 e. The Labute approximate surface area is 251 Å². The number of hydrogen-bond acceptors (Lipinski definition) is 10. The summed E-state index contributed by atoms with van der Waals surface area (Å²) in [5.74, 6) is -0.543. The van der Waals surface area contributed by atoms with Crippen LogP contribution in [0.5, 0.6) is 0 Å². The van der Waals surface area contributed by atoms with Gasteiger partial charge in [0, 0.05) is 6.61 Å². The number of unbranched alkanes of at least 4 members (excludes halogenated alkanes) is 4. The predicted octanol–water partition coefficient (Wildman–Crippen LogP) is 3.39. The molecule has 11 heteroatoms. The van der Waals surface area contributed by atoms with E-state index < -0.39 is 0 Å². The summed E-state index contributed by atoms with van der Waals surface area (Å²) in [5.41, 5.74) is 0.895. The van der Waals surface area contributed by atoms with E-state index in [4.69, 9.17) is 37.9 Å². The molecule has 0 aromatic heterocycles. The number of carbonyl (C=O) groups is 2. The summed E-state index contributed by atoms with van der Waals surface area (Å²) in [5, 5.41) is 0. The molecule has 0 fully saturated rings. The molecule has 0 unspecified atom stereocenters. The lowest BCUT2D eigenvalue weighted by Gasteiger charge is -2.13. The Balaban J connectivity index is 1.21. The summed E-state index contributed by atoms with van der Waals surface area (Å²) in [6, 6.07) is 6.83. The van der Waals surface area contributed by atoms with E-state index in [-0.39, 0.29) is 25.0 Å². The van der Waals surface area contributed by atoms with Crippen molar-refractivity contribution < 1.29 is 47.5 Å². The van der Waals surface area contributed by atoms with Gasteiger partial charge in [-0.1, -0.05) is 44.7 Å². The Kier molecular flexibility index (Phi) is 22.0. The van der Waals surface area contributed by atoms with Crippen LogP contribution >= 0.6 is 0 Å². The topological polar surface area (TPSA) is 111 Å². The van der Waals surface area contributed by atoms with E-state index in [0.717, 1.165) is 13.0 Å². The summed E-state index contributed by atoms with van der Waals surface area (Å²) in [6.45, 7) is 10.6. The molecule has 11 nitrogen and oxygen atoms in total. The summed E-state index contributed by atoms with van der Waals surface area (Å²) in [6.07, 6.45) is 6.25. The Morgan fingerprint density at radius 3 is 1.17 bits per heavy atom. The van der Waals surface area contributed by atoms with Crippen molar-refractivity contribution in [3.8, 4) is 0 Å². The molecule has 0 saturated carbocycles. The quantitative estimate of drug-likeness (QED) is 0.0967. The molecular weight excluding hydrogens is 546 g/mol. The lowest BCUT2D eigenvalue weighted by Crippen LogP contribution is -2.33. The zero-order chi connectivity index (χ0) is 29.9. The van der Waals surface area contributed by atoms with Crippen LogP contribution < -0.4 is 0 Å². The van der Waals surface area contributed by atoms with E-state index in [2.05, 4.69) is 6.92 Å². The molecule has 0 bridgehead atoms. The number of rotatable bonds is 30. The van der Waals surface area contributed by atoms with Crippen molar-refractivity contribution in [2.75, 3.05) is 112 Å². The summed E-state index contributed by atoms with van der Waals surface area (Å²) < 4.78 is 43.9. The zero-order valence-corrected chi connectivity index (χ0v) is 25.4. The van der Waals surface area contributed by atoms with Crippen molar-refractivity contribution in [3.63, 3.8) is 0 Å². The van der Waals surface area contributed by atoms with E-state index in [9.17, 15) is 9.59 Å². The molecule has 0 saturated heterocycles. The minimum atomic E-state index is -0.272. The lowest BCUT2D eigenvalue weighted by molar-refractivity contribution is -0.0233. The van der Waals surface area contributed by atoms with Gasteiger partial charge >= 0.3 is 0 Å². The first-order valence-corrected chi connectivity index (χ1v) is 15.3. The van der Waals surface area contributed by atoms with Gasteiger partial charge < -0.3 is 37.9 Å². The van der Waals surface area contributed by atoms with Crippen LogP contribution in [0.15, 0.2) is 24.3 Å². The molecule has 1 aromatic rings. The van der Waals surface area contributed by atoms with Gasteiger partial charge in [0.2, 0.25) is 0 Å². The molecule has 1 heterocycles. The molecule has 240 valence electrons. The van der Waals surface area contributed by atoms with Gasteiger partial charge in [0.1, 0.15) is 0 Å². The van der Waals surface area contributed by atoms with E-state index in [1.165, 1.54) is 30.6 Å². The first kappa shape index (κ1) is 36.2. The van der Waals surface area contributed by atoms with Gasteiger partial charge in [-0.25, -0.2) is 0 Å². The van der Waals surface area contributed by atoms with E-state index in [0.29, 0.717) is 104 Å². The van der Waals surface area contributed by atoms with Gasteiger partial charge in [0.15, 0.2) is 0 Å². The SMILES string of the molecule is CCCCCCCOCCOCCOCCOCCOCCOCCOCCOCCN1C(=O)c2ccccc2C1=O. The summed E-state index contributed by atoms with van der Waals surface area (Å²) in [4.78, 5) is 25.8. The molecule has 42 heavy (non-hydrogen) atoms. The first-order valence-electron chi connectivity index (χ1n) is 15.3. The predicted molar refractivity (Wildman–Crippen MR) is 157 cm³/mol. The van der Waals surface area contributed by atoms with E-state index >= 15 is 0 Å². The van der Waals surface area contributed by atoms with Gasteiger partial charge in [-0.15, -0.1) is 0 Å². The van der Waals surface area contributed by atoms with Gasteiger partial charge in [0.05, 0.1) is 117 Å². The third-order valence-corrected chi connectivity index (χ3v) is 6.33. The van der Waals surface area contributed by atoms with Crippen molar-refractivity contribution in [1.29, 1.82) is 0 Å². The van der Waals surface area contributed by atoms with Crippen LogP contribution in [0.25, 0.3) is 0 Å². The lowest BCUT2D eigenvalue weighted by atomic mass is 10.1. The highest BCUT2D eigenvalue weighted by molar-refractivity contribution is 6.21. The highest BCUT2D eigenvalue weighted by Crippen LogP contribution is 2.21. The summed E-state index contributed by atoms with van der Waals surface area (Å²) in [7, 11) is 0. The van der Waals surface area contributed by atoms with Gasteiger partial charge in [-0.2, -0.15) is 0 Å². The number of nitrogens with zero attached hydrogens (tertiary/aromatic N) is 1. The highest BCUT2D eigenvalue weighted by atomic mass is 16.6. The monoisotopic (exact) mass is 597 g/mol. The highest BCUT2D eigenvalue weighted by Gasteiger charge is 2.34. The van der Waals surface area contributed by atoms with Crippen LogP contribution in [0, 0.1) is 0 Å². The van der Waals surface area contributed by atoms with Crippen molar-refractivity contribution in [2.24, 2.45) is 0 Å². The molecule has 1 aromatic carbocycles. The number of fused-ring (bicyclic) bond motifs is 1. The maximum absolute atomic E-state index is 12.3. The van der Waals surface area contributed by atoms with Crippen molar-refractivity contribution >= 4 is 11.8 Å². The van der Waals surface area contributed by atoms with Crippen LogP contribution in [0.1, 0.15) is 59.7 Å². The molecule has 0 aliphatic carbocycles. The molecule has 0 radical (unpaired) electrons. The smallest absolute Gasteiger partial charge is 0.261 e. The number of imide groups is 1. The van der Waals surface area contributed by atoms with Crippen LogP contribution in [0.2, 0.25) is 0 Å². The number of hydrogen-bond donors (Lipinski definition) is 0. The van der Waals surface area contributed by atoms with Crippen molar-refractivity contribution in [3.05, 3.63) is 35.4 Å². The standard InChI is InChI=1S/C31H51NO10/c1-2-3-4-5-8-12-35-14-16-37-18-20-39-22-24-41-26-27-42-25-23-40-21-19-38-17-15-36-13-11-32-30(33)28-9-6-7-10-29(28)31(32)34/h6-7,9-10H,2-5,8,11-27H2,1H3. The van der Waals surface area contributed by atoms with Crippen molar-refractivity contribution in [1.82, 2.24) is 4.90 Å². The van der Waals surface area contributed by atoms with Gasteiger partial charge in [-0.3, -0.25) is 14.5 Å². The molecular formula is C31H51NO10. The summed E-state index contributed by atoms with van der Waals surface area (Å²) >= 11 is 0. The fraction of sp³-hybridized carbons (Fsp3) is 0.742. The second-order valence-electron chi connectivity index (χ2n) is 9.62.